The maximum Gasteiger partial charge on any atom is 0.0801 e. The Morgan fingerprint density at radius 2 is 1.48 bits per heavy atom. The lowest BCUT2D eigenvalue weighted by Crippen LogP contribution is -2.18. The highest BCUT2D eigenvalue weighted by atomic mass is 35.5. The molecule has 3 aliphatic rings. The molecule has 4 aromatic rings. The molecule has 2 aliphatic heterocycles. The van der Waals surface area contributed by atoms with E-state index in [1.165, 1.54) is 42.9 Å². The molecule has 46 heavy (non-hydrogen) atoms. The lowest BCUT2D eigenvalue weighted by atomic mass is 9.92. The Kier molecular flexibility index (Phi) is 9.42. The van der Waals surface area contributed by atoms with Crippen molar-refractivity contribution < 1.29 is 0 Å². The van der Waals surface area contributed by atoms with Crippen molar-refractivity contribution >= 4 is 63.8 Å². The molecule has 0 fully saturated rings. The van der Waals surface area contributed by atoms with Gasteiger partial charge < -0.3 is 9.80 Å². The van der Waals surface area contributed by atoms with E-state index in [0.29, 0.717) is 11.2 Å². The van der Waals surface area contributed by atoms with Crippen LogP contribution in [0, 0.1) is 0 Å². The number of allylic oxidation sites excluding steroid dienone is 5. The van der Waals surface area contributed by atoms with E-state index in [1.807, 2.05) is 35.7 Å². The summed E-state index contributed by atoms with van der Waals surface area (Å²) in [7, 11) is 0. The lowest BCUT2D eigenvalue weighted by Gasteiger charge is -2.28. The highest BCUT2D eigenvalue weighted by molar-refractivity contribution is 8.03. The Morgan fingerprint density at radius 3 is 2.15 bits per heavy atom. The summed E-state index contributed by atoms with van der Waals surface area (Å²) in [5.74, 6) is 0.453. The minimum atomic E-state index is 0.377. The molecule has 0 radical (unpaired) electrons. The van der Waals surface area contributed by atoms with Crippen LogP contribution < -0.4 is 9.80 Å². The zero-order chi connectivity index (χ0) is 31.6. The second-order valence-corrected chi connectivity index (χ2v) is 14.8. The van der Waals surface area contributed by atoms with E-state index in [9.17, 15) is 0 Å². The van der Waals surface area contributed by atoms with Gasteiger partial charge in [-0.15, -0.1) is 11.8 Å². The number of hydrogen-bond acceptors (Lipinski definition) is 4. The summed E-state index contributed by atoms with van der Waals surface area (Å²) < 4.78 is 0. The van der Waals surface area contributed by atoms with Crippen molar-refractivity contribution in [3.05, 3.63) is 159 Å². The normalized spacial score (nSPS) is 20.7. The Hall–Kier alpha value is -3.28. The molecule has 2 nitrogen and oxygen atoms in total. The van der Waals surface area contributed by atoms with Crippen LogP contribution in [0.5, 0.6) is 0 Å². The van der Waals surface area contributed by atoms with Crippen molar-refractivity contribution in [1.82, 2.24) is 0 Å². The molecule has 6 heteroatoms. The number of hydrogen-bond donors (Lipinski definition) is 0. The fourth-order valence-electron chi connectivity index (χ4n) is 6.74. The predicted octanol–water partition coefficient (Wildman–Crippen LogP) is 12.8. The Bertz CT molecular complexity index is 1820. The first kappa shape index (κ1) is 31.3. The lowest BCUT2D eigenvalue weighted by molar-refractivity contribution is 0.692. The van der Waals surface area contributed by atoms with Gasteiger partial charge in [0.05, 0.1) is 16.4 Å². The molecule has 0 saturated carbocycles. The summed E-state index contributed by atoms with van der Waals surface area (Å²) in [5, 5.41) is 3.20. The first-order valence-corrected chi connectivity index (χ1v) is 18.4. The largest absolute Gasteiger partial charge is 0.335 e. The first-order chi connectivity index (χ1) is 22.5. The van der Waals surface area contributed by atoms with E-state index in [4.69, 9.17) is 23.2 Å². The molecule has 0 bridgehead atoms. The van der Waals surface area contributed by atoms with Gasteiger partial charge in [-0.05, 0) is 110 Å². The van der Waals surface area contributed by atoms with Gasteiger partial charge in [0.2, 0.25) is 0 Å². The summed E-state index contributed by atoms with van der Waals surface area (Å²) >= 11 is 16.6. The number of rotatable bonds is 8. The average Bonchev–Trinajstić information content (AvgIpc) is 3.75. The SMILES string of the molecule is CCC1c2cc(Cl)ccc2SC1C=CC1=C(N(c2ccccc2)c2ccccc2)/C(=C/C=C2Sc3ccc(Cl)cc3N2CC)CC1. The van der Waals surface area contributed by atoms with Gasteiger partial charge in [-0.2, -0.15) is 0 Å². The first-order valence-electron chi connectivity index (χ1n) is 16.0. The molecule has 0 N–H and O–H groups in total. The molecular weight excluding hydrogens is 643 g/mol. The quantitative estimate of drug-likeness (QED) is 0.183. The van der Waals surface area contributed by atoms with Gasteiger partial charge in [0.15, 0.2) is 0 Å². The zero-order valence-corrected chi connectivity index (χ0v) is 29.1. The van der Waals surface area contributed by atoms with E-state index in [2.05, 4.69) is 133 Å². The van der Waals surface area contributed by atoms with Crippen LogP contribution in [-0.4, -0.2) is 11.8 Å². The highest BCUT2D eigenvalue weighted by Crippen LogP contribution is 2.50. The molecule has 2 heterocycles. The van der Waals surface area contributed by atoms with Gasteiger partial charge in [-0.1, -0.05) is 96.5 Å². The van der Waals surface area contributed by atoms with Crippen molar-refractivity contribution in [3.8, 4) is 0 Å². The molecule has 0 spiro atoms. The Balaban J connectivity index is 1.31. The van der Waals surface area contributed by atoms with Crippen LogP contribution in [0.3, 0.4) is 0 Å². The number of anilines is 3. The molecule has 4 aromatic carbocycles. The van der Waals surface area contributed by atoms with E-state index in [1.54, 1.807) is 0 Å². The number of para-hydroxylation sites is 2. The minimum absolute atomic E-state index is 0.377. The van der Waals surface area contributed by atoms with Crippen LogP contribution in [0.15, 0.2) is 153 Å². The Morgan fingerprint density at radius 1 is 0.804 bits per heavy atom. The van der Waals surface area contributed by atoms with Crippen molar-refractivity contribution in [3.63, 3.8) is 0 Å². The van der Waals surface area contributed by atoms with Crippen molar-refractivity contribution in [1.29, 1.82) is 0 Å². The van der Waals surface area contributed by atoms with Crippen LogP contribution in [0.2, 0.25) is 10.0 Å². The van der Waals surface area contributed by atoms with E-state index in [-0.39, 0.29) is 0 Å². The number of thioether (sulfide) groups is 2. The second kappa shape index (κ2) is 13.8. The van der Waals surface area contributed by atoms with Gasteiger partial charge in [-0.25, -0.2) is 0 Å². The van der Waals surface area contributed by atoms with Crippen LogP contribution in [0.1, 0.15) is 44.6 Å². The Labute approximate surface area is 291 Å². The molecule has 2 unspecified atom stereocenters. The van der Waals surface area contributed by atoms with Gasteiger partial charge in [0.25, 0.3) is 0 Å². The van der Waals surface area contributed by atoms with Crippen LogP contribution in [0.4, 0.5) is 17.1 Å². The maximum atomic E-state index is 6.43. The number of nitrogens with zero attached hydrogens (tertiary/aromatic N) is 2. The molecule has 2 atom stereocenters. The van der Waals surface area contributed by atoms with E-state index < -0.39 is 0 Å². The smallest absolute Gasteiger partial charge is 0.0801 e. The van der Waals surface area contributed by atoms with E-state index in [0.717, 1.165) is 47.2 Å². The summed E-state index contributed by atoms with van der Waals surface area (Å²) in [5.41, 5.74) is 8.86. The third-order valence-electron chi connectivity index (χ3n) is 8.92. The van der Waals surface area contributed by atoms with E-state index >= 15 is 0 Å². The van der Waals surface area contributed by atoms with Crippen molar-refractivity contribution in [2.75, 3.05) is 16.3 Å². The van der Waals surface area contributed by atoms with Gasteiger partial charge in [-0.3, -0.25) is 0 Å². The van der Waals surface area contributed by atoms with Gasteiger partial charge in [0.1, 0.15) is 0 Å². The minimum Gasteiger partial charge on any atom is -0.335 e. The van der Waals surface area contributed by atoms with Crippen LogP contribution >= 0.6 is 46.7 Å². The van der Waals surface area contributed by atoms with Gasteiger partial charge >= 0.3 is 0 Å². The van der Waals surface area contributed by atoms with Crippen molar-refractivity contribution in [2.45, 2.75) is 54.1 Å². The molecular formula is C40H36Cl2N2S2. The third-order valence-corrected chi connectivity index (χ3v) is 11.9. The molecule has 0 aromatic heterocycles. The van der Waals surface area contributed by atoms with Gasteiger partial charge in [0, 0.05) is 48.9 Å². The summed E-state index contributed by atoms with van der Waals surface area (Å²) in [4.78, 5) is 7.41. The number of fused-ring (bicyclic) bond motifs is 2. The third kappa shape index (κ3) is 6.21. The summed E-state index contributed by atoms with van der Waals surface area (Å²) in [6.07, 6.45) is 12.6. The predicted molar refractivity (Wildman–Crippen MR) is 201 cm³/mol. The molecule has 7 rings (SSSR count). The molecule has 0 amide bonds. The number of halogens is 2. The fraction of sp³-hybridized carbons (Fsp3) is 0.200. The zero-order valence-electron chi connectivity index (χ0n) is 26.0. The topological polar surface area (TPSA) is 6.48 Å². The molecule has 232 valence electrons. The van der Waals surface area contributed by atoms with Crippen LogP contribution in [-0.2, 0) is 0 Å². The standard InChI is InChI=1S/C40H36Cl2N2S2/c1-3-33-34-25-29(41)19-22-37(34)45-36(33)21-17-27-15-16-28(18-24-39-43(4-2)35-26-30(42)20-23-38(35)46-39)40(27)44(31-11-7-5-8-12-31)32-13-9-6-10-14-32/h5-14,17-26,33,36H,3-4,15-16H2,1-2H3/b21-17?,28-18+,39-24?. The number of benzene rings is 4. The van der Waals surface area contributed by atoms with Crippen molar-refractivity contribution in [2.24, 2.45) is 0 Å². The highest BCUT2D eigenvalue weighted by Gasteiger charge is 2.32. The second-order valence-electron chi connectivity index (χ2n) is 11.7. The maximum absolute atomic E-state index is 6.43. The monoisotopic (exact) mass is 678 g/mol. The fourth-order valence-corrected chi connectivity index (χ4v) is 9.64. The molecule has 1 aliphatic carbocycles. The average molecular weight is 680 g/mol. The summed E-state index contributed by atoms with van der Waals surface area (Å²) in [6.45, 7) is 5.37. The summed E-state index contributed by atoms with van der Waals surface area (Å²) in [6, 6.07) is 34.1. The van der Waals surface area contributed by atoms with Crippen LogP contribution in [0.25, 0.3) is 0 Å². The molecule has 0 saturated heterocycles.